The summed E-state index contributed by atoms with van der Waals surface area (Å²) in [5.41, 5.74) is 6.57. The van der Waals surface area contributed by atoms with Crippen LogP contribution in [0, 0.1) is 0 Å². The van der Waals surface area contributed by atoms with Crippen LogP contribution in [0.2, 0.25) is 5.02 Å². The first-order valence-corrected chi connectivity index (χ1v) is 5.91. The summed E-state index contributed by atoms with van der Waals surface area (Å²) in [6.07, 6.45) is 2.37. The Bertz CT molecular complexity index is 351. The number of halogens is 1. The van der Waals surface area contributed by atoms with Crippen LogP contribution in [-0.2, 0) is 11.3 Å². The lowest BCUT2D eigenvalue weighted by atomic mass is 10.2. The molecule has 3 nitrogen and oxygen atoms in total. The number of rotatable bonds is 4. The molecule has 1 unspecified atom stereocenters. The molecule has 1 atom stereocenters. The molecule has 1 aromatic carbocycles. The quantitative estimate of drug-likeness (QED) is 0.880. The van der Waals surface area contributed by atoms with Crippen LogP contribution in [0.1, 0.15) is 18.4 Å². The first-order valence-electron chi connectivity index (χ1n) is 5.53. The van der Waals surface area contributed by atoms with Crippen LogP contribution < -0.4 is 10.5 Å². The summed E-state index contributed by atoms with van der Waals surface area (Å²) < 4.78 is 11.2. The van der Waals surface area contributed by atoms with Crippen molar-refractivity contribution in [3.63, 3.8) is 0 Å². The van der Waals surface area contributed by atoms with Gasteiger partial charge in [0.1, 0.15) is 12.4 Å². The molecule has 0 bridgehead atoms. The predicted octanol–water partition coefficient (Wildman–Crippen LogP) is 2.36. The average molecular weight is 242 g/mol. The summed E-state index contributed by atoms with van der Waals surface area (Å²) in [5.74, 6) is 0.696. The fraction of sp³-hybridized carbons (Fsp3) is 0.500. The van der Waals surface area contributed by atoms with E-state index in [9.17, 15) is 0 Å². The molecule has 0 spiro atoms. The number of hydrogen-bond donors (Lipinski definition) is 1. The van der Waals surface area contributed by atoms with Crippen molar-refractivity contribution in [2.45, 2.75) is 25.5 Å². The molecule has 2 N–H and O–H groups in total. The molecule has 0 aromatic heterocycles. The highest BCUT2D eigenvalue weighted by Crippen LogP contribution is 2.29. The van der Waals surface area contributed by atoms with Crippen LogP contribution in [-0.4, -0.2) is 19.3 Å². The lowest BCUT2D eigenvalue weighted by molar-refractivity contribution is 0.0676. The van der Waals surface area contributed by atoms with E-state index in [0.29, 0.717) is 23.9 Å². The van der Waals surface area contributed by atoms with E-state index in [0.717, 1.165) is 25.0 Å². The molecule has 4 heteroatoms. The number of hydrogen-bond acceptors (Lipinski definition) is 3. The third-order valence-corrected chi connectivity index (χ3v) is 3.00. The van der Waals surface area contributed by atoms with Gasteiger partial charge < -0.3 is 15.2 Å². The minimum absolute atomic E-state index is 0.196. The number of nitrogens with two attached hydrogens (primary N) is 1. The van der Waals surface area contributed by atoms with Crippen LogP contribution in [0.3, 0.4) is 0 Å². The maximum Gasteiger partial charge on any atom is 0.142 e. The Balaban J connectivity index is 2.01. The first kappa shape index (κ1) is 11.7. The van der Waals surface area contributed by atoms with Crippen LogP contribution in [0.5, 0.6) is 5.75 Å². The van der Waals surface area contributed by atoms with Gasteiger partial charge in [0.2, 0.25) is 0 Å². The van der Waals surface area contributed by atoms with Crippen molar-refractivity contribution >= 4 is 11.6 Å². The molecule has 88 valence electrons. The van der Waals surface area contributed by atoms with E-state index in [2.05, 4.69) is 0 Å². The lowest BCUT2D eigenvalue weighted by Crippen LogP contribution is -2.17. The van der Waals surface area contributed by atoms with Crippen molar-refractivity contribution < 1.29 is 9.47 Å². The van der Waals surface area contributed by atoms with Gasteiger partial charge in [0.25, 0.3) is 0 Å². The van der Waals surface area contributed by atoms with Crippen LogP contribution in [0.25, 0.3) is 0 Å². The maximum absolute atomic E-state index is 6.07. The Labute approximate surface area is 100 Å². The maximum atomic E-state index is 6.07. The first-order chi connectivity index (χ1) is 7.81. The van der Waals surface area contributed by atoms with E-state index in [4.69, 9.17) is 26.8 Å². The van der Waals surface area contributed by atoms with Crippen molar-refractivity contribution in [1.29, 1.82) is 0 Å². The SMILES string of the molecule is NCc1cccc(Cl)c1OCC1CCCO1. The molecule has 1 fully saturated rings. The Hall–Kier alpha value is -0.770. The molecule has 16 heavy (non-hydrogen) atoms. The van der Waals surface area contributed by atoms with Gasteiger partial charge in [0.15, 0.2) is 0 Å². The van der Waals surface area contributed by atoms with E-state index in [1.165, 1.54) is 0 Å². The summed E-state index contributed by atoms with van der Waals surface area (Å²) >= 11 is 6.07. The van der Waals surface area contributed by atoms with Gasteiger partial charge in [0.05, 0.1) is 11.1 Å². The van der Waals surface area contributed by atoms with Gasteiger partial charge in [-0.2, -0.15) is 0 Å². The fourth-order valence-electron chi connectivity index (χ4n) is 1.83. The van der Waals surface area contributed by atoms with Crippen molar-refractivity contribution in [3.05, 3.63) is 28.8 Å². The molecule has 2 rings (SSSR count). The molecule has 1 heterocycles. The summed E-state index contributed by atoms with van der Waals surface area (Å²) in [6.45, 7) is 1.82. The highest BCUT2D eigenvalue weighted by Gasteiger charge is 2.17. The van der Waals surface area contributed by atoms with Gasteiger partial charge in [0, 0.05) is 18.7 Å². The van der Waals surface area contributed by atoms with E-state index in [1.54, 1.807) is 0 Å². The molecule has 1 saturated heterocycles. The van der Waals surface area contributed by atoms with E-state index in [-0.39, 0.29) is 6.10 Å². The highest BCUT2D eigenvalue weighted by atomic mass is 35.5. The normalized spacial score (nSPS) is 20.0. The van der Waals surface area contributed by atoms with Crippen LogP contribution in [0.4, 0.5) is 0 Å². The number of benzene rings is 1. The molecule has 0 saturated carbocycles. The van der Waals surface area contributed by atoms with Gasteiger partial charge in [-0.25, -0.2) is 0 Å². The number of ether oxygens (including phenoxy) is 2. The smallest absolute Gasteiger partial charge is 0.142 e. The summed E-state index contributed by atoms with van der Waals surface area (Å²) in [5, 5.41) is 0.612. The van der Waals surface area contributed by atoms with Gasteiger partial charge in [-0.05, 0) is 18.9 Å². The molecule has 0 radical (unpaired) electrons. The monoisotopic (exact) mass is 241 g/mol. The summed E-state index contributed by atoms with van der Waals surface area (Å²) in [7, 11) is 0. The molecule has 1 aliphatic heterocycles. The van der Waals surface area contributed by atoms with Gasteiger partial charge in [-0.15, -0.1) is 0 Å². The van der Waals surface area contributed by atoms with E-state index < -0.39 is 0 Å². The minimum atomic E-state index is 0.196. The molecular formula is C12H16ClNO2. The van der Waals surface area contributed by atoms with Crippen LogP contribution in [0.15, 0.2) is 18.2 Å². The molecule has 1 aromatic rings. The Morgan fingerprint density at radius 1 is 1.50 bits per heavy atom. The van der Waals surface area contributed by atoms with Gasteiger partial charge in [-0.1, -0.05) is 23.7 Å². The summed E-state index contributed by atoms with van der Waals surface area (Å²) in [6, 6.07) is 5.62. The van der Waals surface area contributed by atoms with Crippen LogP contribution >= 0.6 is 11.6 Å². The highest BCUT2D eigenvalue weighted by molar-refractivity contribution is 6.32. The van der Waals surface area contributed by atoms with Gasteiger partial charge >= 0.3 is 0 Å². The largest absolute Gasteiger partial charge is 0.489 e. The van der Waals surface area contributed by atoms with Crippen molar-refractivity contribution in [2.24, 2.45) is 5.73 Å². The Morgan fingerprint density at radius 2 is 2.38 bits per heavy atom. The topological polar surface area (TPSA) is 44.5 Å². The zero-order chi connectivity index (χ0) is 11.4. The van der Waals surface area contributed by atoms with Crippen molar-refractivity contribution in [1.82, 2.24) is 0 Å². The molecular weight excluding hydrogens is 226 g/mol. The lowest BCUT2D eigenvalue weighted by Gasteiger charge is -2.15. The second kappa shape index (κ2) is 5.53. The summed E-state index contributed by atoms with van der Waals surface area (Å²) in [4.78, 5) is 0. The Morgan fingerprint density at radius 3 is 3.06 bits per heavy atom. The zero-order valence-electron chi connectivity index (χ0n) is 9.12. The average Bonchev–Trinajstić information content (AvgIpc) is 2.80. The van der Waals surface area contributed by atoms with Gasteiger partial charge in [-0.3, -0.25) is 0 Å². The molecule has 1 aliphatic rings. The Kier molecular flexibility index (Phi) is 4.04. The predicted molar refractivity (Wildman–Crippen MR) is 63.8 cm³/mol. The van der Waals surface area contributed by atoms with E-state index in [1.807, 2.05) is 18.2 Å². The third kappa shape index (κ3) is 2.67. The molecule has 0 aliphatic carbocycles. The fourth-order valence-corrected chi connectivity index (χ4v) is 2.08. The van der Waals surface area contributed by atoms with E-state index >= 15 is 0 Å². The van der Waals surface area contributed by atoms with Crippen molar-refractivity contribution in [2.75, 3.05) is 13.2 Å². The number of para-hydroxylation sites is 1. The zero-order valence-corrected chi connectivity index (χ0v) is 9.87. The molecule has 0 amide bonds. The second-order valence-corrected chi connectivity index (χ2v) is 4.29. The van der Waals surface area contributed by atoms with Crippen molar-refractivity contribution in [3.8, 4) is 5.75 Å². The third-order valence-electron chi connectivity index (χ3n) is 2.71. The second-order valence-electron chi connectivity index (χ2n) is 3.88. The standard InChI is InChI=1S/C12H16ClNO2/c13-11-5-1-3-9(7-14)12(11)16-8-10-4-2-6-15-10/h1,3,5,10H,2,4,6-8,14H2. The minimum Gasteiger partial charge on any atom is -0.489 e.